The number of nitrogens with zero attached hydrogens (tertiary/aromatic N) is 5. The van der Waals surface area contributed by atoms with Crippen molar-refractivity contribution in [2.24, 2.45) is 0 Å². The first-order valence-electron chi connectivity index (χ1n) is 6.50. The predicted octanol–water partition coefficient (Wildman–Crippen LogP) is 1.77. The number of hydrogen-bond acceptors (Lipinski definition) is 6. The molecule has 0 aliphatic heterocycles. The third-order valence-corrected chi connectivity index (χ3v) is 2.95. The maximum absolute atomic E-state index is 13.7. The van der Waals surface area contributed by atoms with Gasteiger partial charge < -0.3 is 5.32 Å². The first-order valence-corrected chi connectivity index (χ1v) is 6.50. The summed E-state index contributed by atoms with van der Waals surface area (Å²) in [6.07, 6.45) is 0.956. The number of rotatable bonds is 6. The Hall–Kier alpha value is -2.42. The monoisotopic (exact) mass is 294 g/mol. The molecule has 0 aliphatic carbocycles. The van der Waals surface area contributed by atoms with Crippen LogP contribution >= 0.6 is 0 Å². The van der Waals surface area contributed by atoms with E-state index in [2.05, 4.69) is 20.8 Å². The van der Waals surface area contributed by atoms with Crippen LogP contribution in [-0.4, -0.2) is 31.7 Å². The zero-order chi connectivity index (χ0) is 15.4. The number of hydrogen-bond donors (Lipinski definition) is 1. The van der Waals surface area contributed by atoms with E-state index in [1.807, 2.05) is 13.8 Å². The number of tetrazole rings is 1. The molecule has 2 aromatic rings. The Labute approximate surface area is 120 Å². The lowest BCUT2D eigenvalue weighted by Gasteiger charge is -2.12. The van der Waals surface area contributed by atoms with E-state index in [0.29, 0.717) is 11.5 Å². The summed E-state index contributed by atoms with van der Waals surface area (Å²) in [5.41, 5.74) is -0.242. The largest absolute Gasteiger partial charge is 0.307 e. The van der Waals surface area contributed by atoms with Gasteiger partial charge in [0.05, 0.1) is 16.7 Å². The normalized spacial score (nSPS) is 12.3. The molecule has 0 spiro atoms. The number of nitrogens with one attached hydrogen (secondary N) is 1. The van der Waals surface area contributed by atoms with Crippen LogP contribution in [0.25, 0.3) is 5.69 Å². The van der Waals surface area contributed by atoms with Gasteiger partial charge >= 0.3 is 5.69 Å². The minimum absolute atomic E-state index is 0.127. The summed E-state index contributed by atoms with van der Waals surface area (Å²) < 4.78 is 15.1. The molecule has 0 amide bonds. The standard InChI is InChI=1S/C12H15FN6O2/c1-3-6-14-8(2)12-15-16-17-18(12)9-4-5-11(19(20)21)10(13)7-9/h4-5,7-8,14H,3,6H2,1-2H3. The predicted molar refractivity (Wildman–Crippen MR) is 72.5 cm³/mol. The van der Waals surface area contributed by atoms with E-state index in [4.69, 9.17) is 0 Å². The zero-order valence-corrected chi connectivity index (χ0v) is 11.7. The summed E-state index contributed by atoms with van der Waals surface area (Å²) in [6, 6.07) is 3.43. The summed E-state index contributed by atoms with van der Waals surface area (Å²) in [4.78, 5) is 9.85. The van der Waals surface area contributed by atoms with Crippen LogP contribution in [0.15, 0.2) is 18.2 Å². The first kappa shape index (κ1) is 15.0. The Morgan fingerprint density at radius 3 is 2.90 bits per heavy atom. The molecule has 1 N–H and O–H groups in total. The molecule has 0 radical (unpaired) electrons. The van der Waals surface area contributed by atoms with Crippen LogP contribution < -0.4 is 5.32 Å². The number of nitro groups is 1. The molecular weight excluding hydrogens is 279 g/mol. The van der Waals surface area contributed by atoms with Gasteiger partial charge in [0.2, 0.25) is 5.82 Å². The summed E-state index contributed by atoms with van der Waals surface area (Å²) in [5.74, 6) is -0.412. The highest BCUT2D eigenvalue weighted by Gasteiger charge is 2.19. The Balaban J connectivity index is 2.33. The summed E-state index contributed by atoms with van der Waals surface area (Å²) in [6.45, 7) is 4.72. The third-order valence-electron chi connectivity index (χ3n) is 2.95. The fraction of sp³-hybridized carbons (Fsp3) is 0.417. The van der Waals surface area contributed by atoms with Crippen molar-refractivity contribution in [2.75, 3.05) is 6.54 Å². The topological polar surface area (TPSA) is 98.8 Å². The second kappa shape index (κ2) is 6.35. The molecular formula is C12H15FN6O2. The van der Waals surface area contributed by atoms with Crippen molar-refractivity contribution < 1.29 is 9.31 Å². The van der Waals surface area contributed by atoms with Crippen molar-refractivity contribution in [3.8, 4) is 5.69 Å². The lowest BCUT2D eigenvalue weighted by atomic mass is 10.2. The number of halogens is 1. The second-order valence-electron chi connectivity index (χ2n) is 4.52. The third kappa shape index (κ3) is 3.19. The average Bonchev–Trinajstić information content (AvgIpc) is 2.93. The SMILES string of the molecule is CCCNC(C)c1nnnn1-c1ccc([N+](=O)[O-])c(F)c1. The molecule has 2 rings (SSSR count). The van der Waals surface area contributed by atoms with E-state index in [0.717, 1.165) is 25.1 Å². The molecule has 0 saturated heterocycles. The fourth-order valence-electron chi connectivity index (χ4n) is 1.88. The van der Waals surface area contributed by atoms with E-state index in [-0.39, 0.29) is 6.04 Å². The van der Waals surface area contributed by atoms with Crippen LogP contribution in [0.3, 0.4) is 0 Å². The quantitative estimate of drug-likeness (QED) is 0.644. The molecule has 21 heavy (non-hydrogen) atoms. The van der Waals surface area contributed by atoms with Gasteiger partial charge in [-0.3, -0.25) is 10.1 Å². The summed E-state index contributed by atoms with van der Waals surface area (Å²) in [5, 5.41) is 25.2. The Morgan fingerprint density at radius 2 is 2.29 bits per heavy atom. The first-order chi connectivity index (χ1) is 10.0. The van der Waals surface area contributed by atoms with Crippen molar-refractivity contribution in [1.29, 1.82) is 0 Å². The maximum atomic E-state index is 13.7. The van der Waals surface area contributed by atoms with Gasteiger partial charge in [-0.05, 0) is 36.4 Å². The van der Waals surface area contributed by atoms with Crippen molar-refractivity contribution in [2.45, 2.75) is 26.3 Å². The minimum Gasteiger partial charge on any atom is -0.307 e. The molecule has 0 bridgehead atoms. The number of nitro benzene ring substituents is 1. The van der Waals surface area contributed by atoms with Gasteiger partial charge in [0.1, 0.15) is 0 Å². The van der Waals surface area contributed by atoms with E-state index in [1.165, 1.54) is 10.7 Å². The highest BCUT2D eigenvalue weighted by Crippen LogP contribution is 2.21. The van der Waals surface area contributed by atoms with Crippen LogP contribution in [0.2, 0.25) is 0 Å². The molecule has 1 heterocycles. The molecule has 0 fully saturated rings. The van der Waals surface area contributed by atoms with Crippen LogP contribution in [0.5, 0.6) is 0 Å². The van der Waals surface area contributed by atoms with Crippen LogP contribution in [-0.2, 0) is 0 Å². The van der Waals surface area contributed by atoms with Gasteiger partial charge in [0.25, 0.3) is 0 Å². The fourth-order valence-corrected chi connectivity index (χ4v) is 1.88. The molecule has 1 aromatic heterocycles. The van der Waals surface area contributed by atoms with Gasteiger partial charge in [0.15, 0.2) is 5.82 Å². The molecule has 1 aromatic carbocycles. The lowest BCUT2D eigenvalue weighted by Crippen LogP contribution is -2.22. The molecule has 0 saturated carbocycles. The highest BCUT2D eigenvalue weighted by atomic mass is 19.1. The van der Waals surface area contributed by atoms with Gasteiger partial charge in [-0.1, -0.05) is 6.92 Å². The van der Waals surface area contributed by atoms with E-state index < -0.39 is 16.4 Å². The Bertz CT molecular complexity index is 644. The van der Waals surface area contributed by atoms with Gasteiger partial charge in [-0.25, -0.2) is 0 Å². The second-order valence-corrected chi connectivity index (χ2v) is 4.52. The average molecular weight is 294 g/mol. The van der Waals surface area contributed by atoms with Gasteiger partial charge in [0, 0.05) is 12.1 Å². The smallest absolute Gasteiger partial charge is 0.304 e. The zero-order valence-electron chi connectivity index (χ0n) is 11.7. The number of benzene rings is 1. The number of aromatic nitrogens is 4. The molecule has 0 aliphatic rings. The summed E-state index contributed by atoms with van der Waals surface area (Å²) >= 11 is 0. The molecule has 1 atom stereocenters. The van der Waals surface area contributed by atoms with Crippen molar-refractivity contribution in [3.63, 3.8) is 0 Å². The lowest BCUT2D eigenvalue weighted by molar-refractivity contribution is -0.387. The van der Waals surface area contributed by atoms with Gasteiger partial charge in [-0.15, -0.1) is 5.10 Å². The Kier molecular flexibility index (Phi) is 4.53. The van der Waals surface area contributed by atoms with Crippen molar-refractivity contribution >= 4 is 5.69 Å². The molecule has 9 heteroatoms. The van der Waals surface area contributed by atoms with E-state index in [1.54, 1.807) is 0 Å². The maximum Gasteiger partial charge on any atom is 0.304 e. The molecule has 1 unspecified atom stereocenters. The highest BCUT2D eigenvalue weighted by molar-refractivity contribution is 5.42. The van der Waals surface area contributed by atoms with Crippen LogP contribution in [0, 0.1) is 15.9 Å². The van der Waals surface area contributed by atoms with Gasteiger partial charge in [-0.2, -0.15) is 9.07 Å². The van der Waals surface area contributed by atoms with E-state index in [9.17, 15) is 14.5 Å². The van der Waals surface area contributed by atoms with Crippen LogP contribution in [0.4, 0.5) is 10.1 Å². The molecule has 8 nitrogen and oxygen atoms in total. The summed E-state index contributed by atoms with van der Waals surface area (Å²) in [7, 11) is 0. The van der Waals surface area contributed by atoms with Crippen LogP contribution in [0.1, 0.15) is 32.1 Å². The molecule has 112 valence electrons. The Morgan fingerprint density at radius 1 is 1.52 bits per heavy atom. The van der Waals surface area contributed by atoms with Crippen molar-refractivity contribution in [1.82, 2.24) is 25.5 Å². The van der Waals surface area contributed by atoms with E-state index >= 15 is 0 Å². The van der Waals surface area contributed by atoms with Crippen molar-refractivity contribution in [3.05, 3.63) is 40.0 Å². The minimum atomic E-state index is -0.923.